The first-order chi connectivity index (χ1) is 30.8. The average molecular weight is 825 g/mol. The molecule has 0 atom stereocenters. The first-order valence-corrected chi connectivity index (χ1v) is 22.9. The van der Waals surface area contributed by atoms with Gasteiger partial charge in [0.15, 0.2) is 0 Å². The summed E-state index contributed by atoms with van der Waals surface area (Å²) >= 11 is 1.89. The van der Waals surface area contributed by atoms with Crippen LogP contribution >= 0.6 is 11.3 Å². The van der Waals surface area contributed by atoms with Gasteiger partial charge in [0.1, 0.15) is 0 Å². The van der Waals surface area contributed by atoms with Crippen molar-refractivity contribution in [2.24, 2.45) is 0 Å². The third-order valence-electron chi connectivity index (χ3n) is 14.4. The van der Waals surface area contributed by atoms with Gasteiger partial charge in [-0.15, -0.1) is 11.3 Å². The summed E-state index contributed by atoms with van der Waals surface area (Å²) in [6, 6.07) is 72.7. The Labute approximate surface area is 371 Å². The molecule has 2 heterocycles. The third kappa shape index (κ3) is 5.06. The molecule has 3 heteroatoms. The molecule has 13 rings (SSSR count). The second-order valence-electron chi connectivity index (χ2n) is 18.5. The normalized spacial score (nSPS) is 14.3. The summed E-state index contributed by atoms with van der Waals surface area (Å²) in [7, 11) is 0. The van der Waals surface area contributed by atoms with Crippen LogP contribution < -0.4 is 4.90 Å². The number of rotatable bonds is 5. The van der Waals surface area contributed by atoms with Crippen LogP contribution in [-0.4, -0.2) is 4.57 Å². The molecule has 0 fully saturated rings. The van der Waals surface area contributed by atoms with Crippen LogP contribution in [0.5, 0.6) is 0 Å². The van der Waals surface area contributed by atoms with Crippen molar-refractivity contribution >= 4 is 70.4 Å². The van der Waals surface area contributed by atoms with E-state index < -0.39 is 0 Å². The SMILES string of the molecule is CC1(C)c2ccccc2-c2c(N(c3cccc4c3-c3ccccc3C4(C)C)c3cccc4sc5ccc(-c6ccc7c(c6)c6ccccc6n7-c6ccccc6)cc5c34)cccc21. The molecule has 0 bridgehead atoms. The second-order valence-corrected chi connectivity index (χ2v) is 19.5. The fourth-order valence-electron chi connectivity index (χ4n) is 11.4. The van der Waals surface area contributed by atoms with E-state index in [1.807, 2.05) is 11.3 Å². The van der Waals surface area contributed by atoms with Gasteiger partial charge in [-0.05, 0) is 111 Å². The molecule has 11 aromatic rings. The second kappa shape index (κ2) is 13.2. The van der Waals surface area contributed by atoms with E-state index in [0.717, 1.165) is 0 Å². The molecule has 2 aromatic heterocycles. The molecule has 0 saturated heterocycles. The van der Waals surface area contributed by atoms with Gasteiger partial charge in [0.05, 0.1) is 28.1 Å². The van der Waals surface area contributed by atoms with Crippen LogP contribution in [0, 0.1) is 0 Å². The summed E-state index contributed by atoms with van der Waals surface area (Å²) in [5, 5.41) is 5.09. The van der Waals surface area contributed by atoms with Gasteiger partial charge >= 0.3 is 0 Å². The molecule has 2 aliphatic rings. The number of aromatic nitrogens is 1. The minimum Gasteiger partial charge on any atom is -0.309 e. The van der Waals surface area contributed by atoms with E-state index in [1.165, 1.54) is 120 Å². The van der Waals surface area contributed by atoms with Crippen LogP contribution in [0.1, 0.15) is 49.9 Å². The van der Waals surface area contributed by atoms with Gasteiger partial charge in [-0.25, -0.2) is 0 Å². The van der Waals surface area contributed by atoms with E-state index >= 15 is 0 Å². The van der Waals surface area contributed by atoms with Crippen molar-refractivity contribution in [3.05, 3.63) is 216 Å². The molecule has 300 valence electrons. The van der Waals surface area contributed by atoms with Crippen molar-refractivity contribution < 1.29 is 0 Å². The lowest BCUT2D eigenvalue weighted by Gasteiger charge is -2.31. The van der Waals surface area contributed by atoms with Gasteiger partial charge in [-0.1, -0.05) is 155 Å². The zero-order chi connectivity index (χ0) is 42.2. The molecule has 2 nitrogen and oxygen atoms in total. The monoisotopic (exact) mass is 824 g/mol. The molecule has 0 amide bonds. The maximum Gasteiger partial charge on any atom is 0.0555 e. The van der Waals surface area contributed by atoms with Gasteiger partial charge < -0.3 is 9.47 Å². The minimum atomic E-state index is -0.134. The maximum atomic E-state index is 2.62. The number of hydrogen-bond donors (Lipinski definition) is 0. The molecule has 0 saturated carbocycles. The average Bonchev–Trinajstić information content (AvgIpc) is 4.00. The number of hydrogen-bond acceptors (Lipinski definition) is 2. The highest BCUT2D eigenvalue weighted by Gasteiger charge is 2.41. The van der Waals surface area contributed by atoms with Gasteiger partial charge in [-0.3, -0.25) is 0 Å². The number of nitrogens with zero attached hydrogens (tertiary/aromatic N) is 2. The molecular formula is C60H44N2S. The summed E-state index contributed by atoms with van der Waals surface area (Å²) in [6.07, 6.45) is 0. The Morgan fingerprint density at radius 2 is 0.921 bits per heavy atom. The Balaban J connectivity index is 1.07. The highest BCUT2D eigenvalue weighted by molar-refractivity contribution is 7.26. The summed E-state index contributed by atoms with van der Waals surface area (Å²) in [5.74, 6) is 0. The van der Waals surface area contributed by atoms with Gasteiger partial charge in [-0.2, -0.15) is 0 Å². The van der Waals surface area contributed by atoms with Crippen molar-refractivity contribution in [2.45, 2.75) is 38.5 Å². The Bertz CT molecular complexity index is 3590. The Morgan fingerprint density at radius 3 is 1.60 bits per heavy atom. The first-order valence-electron chi connectivity index (χ1n) is 22.1. The number of benzene rings is 9. The van der Waals surface area contributed by atoms with E-state index in [2.05, 4.69) is 231 Å². The molecule has 2 aliphatic carbocycles. The zero-order valence-electron chi connectivity index (χ0n) is 35.8. The molecule has 9 aromatic carbocycles. The summed E-state index contributed by atoms with van der Waals surface area (Å²) < 4.78 is 4.97. The van der Waals surface area contributed by atoms with Crippen LogP contribution in [0.25, 0.3) is 81.0 Å². The highest BCUT2D eigenvalue weighted by atomic mass is 32.1. The van der Waals surface area contributed by atoms with Crippen molar-refractivity contribution in [3.8, 4) is 39.1 Å². The number of para-hydroxylation sites is 2. The topological polar surface area (TPSA) is 8.17 Å². The van der Waals surface area contributed by atoms with E-state index in [0.29, 0.717) is 0 Å². The number of fused-ring (bicyclic) bond motifs is 12. The fraction of sp³-hybridized carbons (Fsp3) is 0.100. The highest BCUT2D eigenvalue weighted by Crippen LogP contribution is 2.59. The van der Waals surface area contributed by atoms with Crippen molar-refractivity contribution in [1.29, 1.82) is 0 Å². The number of thiophene rings is 1. The molecule has 0 aliphatic heterocycles. The third-order valence-corrected chi connectivity index (χ3v) is 15.5. The first kappa shape index (κ1) is 36.5. The van der Waals surface area contributed by atoms with Crippen LogP contribution in [0.4, 0.5) is 17.1 Å². The lowest BCUT2D eigenvalue weighted by molar-refractivity contribution is 0.660. The predicted octanol–water partition coefficient (Wildman–Crippen LogP) is 16.9. The van der Waals surface area contributed by atoms with Crippen molar-refractivity contribution in [3.63, 3.8) is 0 Å². The molecule has 0 spiro atoms. The Hall–Kier alpha value is -7.20. The van der Waals surface area contributed by atoms with Crippen LogP contribution in [-0.2, 0) is 10.8 Å². The predicted molar refractivity (Wildman–Crippen MR) is 269 cm³/mol. The van der Waals surface area contributed by atoms with Gasteiger partial charge in [0.25, 0.3) is 0 Å². The van der Waals surface area contributed by atoms with Crippen LogP contribution in [0.15, 0.2) is 194 Å². The van der Waals surface area contributed by atoms with Gasteiger partial charge in [0, 0.05) is 58.6 Å². The lowest BCUT2D eigenvalue weighted by atomic mass is 9.82. The zero-order valence-corrected chi connectivity index (χ0v) is 36.6. The van der Waals surface area contributed by atoms with E-state index in [9.17, 15) is 0 Å². The van der Waals surface area contributed by atoms with E-state index in [4.69, 9.17) is 0 Å². The lowest BCUT2D eigenvalue weighted by Crippen LogP contribution is -2.17. The number of anilines is 3. The van der Waals surface area contributed by atoms with Crippen molar-refractivity contribution in [2.75, 3.05) is 4.90 Å². The smallest absolute Gasteiger partial charge is 0.0555 e. The summed E-state index contributed by atoms with van der Waals surface area (Å²) in [4.78, 5) is 2.62. The maximum absolute atomic E-state index is 2.62. The van der Waals surface area contributed by atoms with Crippen LogP contribution in [0.3, 0.4) is 0 Å². The molecular weight excluding hydrogens is 781 g/mol. The molecule has 0 N–H and O–H groups in total. The Morgan fingerprint density at radius 1 is 0.397 bits per heavy atom. The molecule has 0 unspecified atom stereocenters. The van der Waals surface area contributed by atoms with E-state index in [-0.39, 0.29) is 10.8 Å². The van der Waals surface area contributed by atoms with Crippen LogP contribution in [0.2, 0.25) is 0 Å². The van der Waals surface area contributed by atoms with Crippen molar-refractivity contribution in [1.82, 2.24) is 4.57 Å². The molecule has 63 heavy (non-hydrogen) atoms. The molecule has 0 radical (unpaired) electrons. The minimum absolute atomic E-state index is 0.134. The van der Waals surface area contributed by atoms with E-state index in [1.54, 1.807) is 0 Å². The largest absolute Gasteiger partial charge is 0.309 e. The summed E-state index contributed by atoms with van der Waals surface area (Å²) in [6.45, 7) is 9.54. The quantitative estimate of drug-likeness (QED) is 0.168. The standard InChI is InChI=1S/C60H44N2S/c1-59(2)45-22-11-8-20-41(45)56-47(59)24-14-27-51(56)62(52-28-15-25-48-57(52)42-21-9-12-23-46(42)60(48,3)4)53-29-16-30-55-58(53)44-36-38(32-34-54(44)63-55)37-31-33-50-43(35-37)40-19-10-13-26-49(40)61(50)39-17-6-5-7-18-39/h5-36H,1-4H3. The Kier molecular flexibility index (Phi) is 7.61. The fourth-order valence-corrected chi connectivity index (χ4v) is 12.5. The summed E-state index contributed by atoms with van der Waals surface area (Å²) in [5.41, 5.74) is 20.2. The van der Waals surface area contributed by atoms with Gasteiger partial charge in [0.2, 0.25) is 0 Å².